The van der Waals surface area contributed by atoms with E-state index in [0.29, 0.717) is 25.3 Å². The smallest absolute Gasteiger partial charge is 0.251 e. The molecule has 3 rings (SSSR count). The second kappa shape index (κ2) is 9.73. The Hall–Kier alpha value is -2.22. The average molecular weight is 431 g/mol. The Bertz CT molecular complexity index is 969. The molecule has 30 heavy (non-hydrogen) atoms. The zero-order chi connectivity index (χ0) is 21.7. The molecule has 0 aliphatic carbocycles. The Morgan fingerprint density at radius 3 is 2.50 bits per heavy atom. The number of nitrogens with zero attached hydrogens (tertiary/aromatic N) is 1. The van der Waals surface area contributed by atoms with Gasteiger partial charge >= 0.3 is 0 Å². The van der Waals surface area contributed by atoms with Gasteiger partial charge in [0.25, 0.3) is 5.91 Å². The van der Waals surface area contributed by atoms with Crippen LogP contribution in [0.3, 0.4) is 0 Å². The lowest BCUT2D eigenvalue weighted by molar-refractivity contribution is -0.00946. The van der Waals surface area contributed by atoms with Gasteiger partial charge in [0.15, 0.2) is 0 Å². The maximum Gasteiger partial charge on any atom is 0.251 e. The highest BCUT2D eigenvalue weighted by atomic mass is 32.2. The molecule has 2 aromatic rings. The Kier molecular flexibility index (Phi) is 7.28. The largest absolute Gasteiger partial charge is 0.371 e. The molecule has 2 unspecified atom stereocenters. The van der Waals surface area contributed by atoms with Crippen molar-refractivity contribution >= 4 is 15.9 Å². The molecule has 2 aromatic carbocycles. The zero-order valence-electron chi connectivity index (χ0n) is 17.8. The standard InChI is InChI=1S/C23H30N2O4S/c1-4-25(5-2)30(27,28)20-9-6-8-19(16-20)23(26)24-21-10-7-15-29-22(21)18-13-11-17(3)12-14-18/h6,8-9,11-14,16,21-22H,4-5,7,10,15H2,1-3H3,(H,24,26). The minimum Gasteiger partial charge on any atom is -0.371 e. The lowest BCUT2D eigenvalue weighted by Gasteiger charge is -2.32. The summed E-state index contributed by atoms with van der Waals surface area (Å²) >= 11 is 0. The molecule has 0 saturated carbocycles. The number of aryl methyl sites for hydroxylation is 1. The van der Waals surface area contributed by atoms with Crippen LogP contribution in [-0.2, 0) is 14.8 Å². The van der Waals surface area contributed by atoms with E-state index >= 15 is 0 Å². The first-order chi connectivity index (χ1) is 14.4. The number of amides is 1. The van der Waals surface area contributed by atoms with E-state index in [1.807, 2.05) is 31.2 Å². The second-order valence-corrected chi connectivity index (χ2v) is 9.48. The fourth-order valence-electron chi connectivity index (χ4n) is 3.78. The van der Waals surface area contributed by atoms with Crippen molar-refractivity contribution < 1.29 is 17.9 Å². The lowest BCUT2D eigenvalue weighted by atomic mass is 9.95. The molecule has 1 N–H and O–H groups in total. The van der Waals surface area contributed by atoms with Crippen LogP contribution in [0.25, 0.3) is 0 Å². The van der Waals surface area contributed by atoms with Crippen LogP contribution in [0.1, 0.15) is 54.3 Å². The number of benzene rings is 2. The molecule has 1 aliphatic rings. The molecular formula is C23H30N2O4S. The fraction of sp³-hybridized carbons (Fsp3) is 0.435. The third-order valence-corrected chi connectivity index (χ3v) is 7.53. The molecule has 0 aromatic heterocycles. The van der Waals surface area contributed by atoms with Gasteiger partial charge in [-0.2, -0.15) is 4.31 Å². The highest BCUT2D eigenvalue weighted by Crippen LogP contribution is 2.29. The van der Waals surface area contributed by atoms with Crippen LogP contribution < -0.4 is 5.32 Å². The number of hydrogen-bond donors (Lipinski definition) is 1. The second-order valence-electron chi connectivity index (χ2n) is 7.54. The summed E-state index contributed by atoms with van der Waals surface area (Å²) in [4.78, 5) is 13.1. The van der Waals surface area contributed by atoms with E-state index in [0.717, 1.165) is 18.4 Å². The molecule has 7 heteroatoms. The van der Waals surface area contributed by atoms with Crippen molar-refractivity contribution in [2.45, 2.75) is 50.7 Å². The van der Waals surface area contributed by atoms with Crippen LogP contribution in [-0.4, -0.2) is 44.4 Å². The van der Waals surface area contributed by atoms with Crippen LogP contribution in [0, 0.1) is 6.92 Å². The van der Waals surface area contributed by atoms with Gasteiger partial charge < -0.3 is 10.1 Å². The molecule has 2 atom stereocenters. The predicted octanol–water partition coefficient (Wildman–Crippen LogP) is 3.68. The van der Waals surface area contributed by atoms with Gasteiger partial charge in [0.1, 0.15) is 6.10 Å². The third-order valence-electron chi connectivity index (χ3n) is 5.48. The van der Waals surface area contributed by atoms with E-state index in [2.05, 4.69) is 5.32 Å². The van der Waals surface area contributed by atoms with E-state index in [4.69, 9.17) is 4.74 Å². The van der Waals surface area contributed by atoms with E-state index in [1.165, 1.54) is 22.0 Å². The Morgan fingerprint density at radius 1 is 1.13 bits per heavy atom. The van der Waals surface area contributed by atoms with Crippen LogP contribution in [0.5, 0.6) is 0 Å². The fourth-order valence-corrected chi connectivity index (χ4v) is 5.28. The van der Waals surface area contributed by atoms with Gasteiger partial charge in [-0.25, -0.2) is 8.42 Å². The molecule has 1 aliphatic heterocycles. The van der Waals surface area contributed by atoms with E-state index in [9.17, 15) is 13.2 Å². The number of rotatable bonds is 7. The van der Waals surface area contributed by atoms with Crippen LogP contribution in [0.2, 0.25) is 0 Å². The summed E-state index contributed by atoms with van der Waals surface area (Å²) < 4.78 is 33.0. The molecular weight excluding hydrogens is 400 g/mol. The van der Waals surface area contributed by atoms with Crippen molar-refractivity contribution in [3.8, 4) is 0 Å². The summed E-state index contributed by atoms with van der Waals surface area (Å²) in [6.07, 6.45) is 1.46. The van der Waals surface area contributed by atoms with E-state index in [-0.39, 0.29) is 22.9 Å². The number of sulfonamides is 1. The number of carbonyl (C=O) groups is 1. The molecule has 0 radical (unpaired) electrons. The normalized spacial score (nSPS) is 19.6. The first-order valence-electron chi connectivity index (χ1n) is 10.5. The predicted molar refractivity (Wildman–Crippen MR) is 117 cm³/mol. The summed E-state index contributed by atoms with van der Waals surface area (Å²) in [5, 5.41) is 3.06. The van der Waals surface area contributed by atoms with Crippen LogP contribution in [0.4, 0.5) is 0 Å². The van der Waals surface area contributed by atoms with E-state index < -0.39 is 10.0 Å². The maximum atomic E-state index is 13.0. The average Bonchev–Trinajstić information content (AvgIpc) is 2.75. The topological polar surface area (TPSA) is 75.7 Å². The quantitative estimate of drug-likeness (QED) is 0.727. The number of ether oxygens (including phenoxy) is 1. The van der Waals surface area contributed by atoms with Gasteiger partial charge in [-0.3, -0.25) is 4.79 Å². The summed E-state index contributed by atoms with van der Waals surface area (Å²) in [5.74, 6) is -0.292. The summed E-state index contributed by atoms with van der Waals surface area (Å²) in [7, 11) is -3.62. The summed E-state index contributed by atoms with van der Waals surface area (Å²) in [5.41, 5.74) is 2.53. The first-order valence-corrected chi connectivity index (χ1v) is 11.9. The maximum absolute atomic E-state index is 13.0. The Balaban J connectivity index is 1.80. The van der Waals surface area contributed by atoms with Gasteiger partial charge in [-0.15, -0.1) is 0 Å². The minimum atomic E-state index is -3.62. The summed E-state index contributed by atoms with van der Waals surface area (Å²) in [6.45, 7) is 7.05. The summed E-state index contributed by atoms with van der Waals surface area (Å²) in [6, 6.07) is 14.2. The zero-order valence-corrected chi connectivity index (χ0v) is 18.6. The number of hydrogen-bond acceptors (Lipinski definition) is 4. The van der Waals surface area contributed by atoms with Crippen LogP contribution in [0.15, 0.2) is 53.4 Å². The Labute approximate surface area is 179 Å². The lowest BCUT2D eigenvalue weighted by Crippen LogP contribution is -2.42. The van der Waals surface area contributed by atoms with Gasteiger partial charge in [0.2, 0.25) is 10.0 Å². The van der Waals surface area contributed by atoms with Crippen molar-refractivity contribution in [2.75, 3.05) is 19.7 Å². The van der Waals surface area contributed by atoms with Gasteiger partial charge in [0, 0.05) is 25.3 Å². The van der Waals surface area contributed by atoms with Gasteiger partial charge in [0.05, 0.1) is 10.9 Å². The van der Waals surface area contributed by atoms with Crippen LogP contribution >= 0.6 is 0 Å². The highest BCUT2D eigenvalue weighted by Gasteiger charge is 2.29. The van der Waals surface area contributed by atoms with Crippen molar-refractivity contribution in [1.29, 1.82) is 0 Å². The molecule has 1 amide bonds. The van der Waals surface area contributed by atoms with Crippen molar-refractivity contribution in [3.63, 3.8) is 0 Å². The number of carbonyl (C=O) groups excluding carboxylic acids is 1. The molecule has 1 fully saturated rings. The first kappa shape index (κ1) is 22.5. The van der Waals surface area contributed by atoms with Gasteiger partial charge in [-0.05, 0) is 43.5 Å². The molecule has 0 bridgehead atoms. The van der Waals surface area contributed by atoms with Crippen molar-refractivity contribution in [3.05, 3.63) is 65.2 Å². The molecule has 1 heterocycles. The number of nitrogens with one attached hydrogen (secondary N) is 1. The SMILES string of the molecule is CCN(CC)S(=O)(=O)c1cccc(C(=O)NC2CCCOC2c2ccc(C)cc2)c1. The molecule has 0 spiro atoms. The molecule has 162 valence electrons. The minimum absolute atomic E-state index is 0.133. The molecule has 1 saturated heterocycles. The highest BCUT2D eigenvalue weighted by molar-refractivity contribution is 7.89. The monoisotopic (exact) mass is 430 g/mol. The molecule has 6 nitrogen and oxygen atoms in total. The van der Waals surface area contributed by atoms with E-state index in [1.54, 1.807) is 26.0 Å². The van der Waals surface area contributed by atoms with Crippen molar-refractivity contribution in [1.82, 2.24) is 9.62 Å². The van der Waals surface area contributed by atoms with Gasteiger partial charge in [-0.1, -0.05) is 49.7 Å². The Morgan fingerprint density at radius 2 is 1.83 bits per heavy atom. The van der Waals surface area contributed by atoms with Crippen molar-refractivity contribution in [2.24, 2.45) is 0 Å². The third kappa shape index (κ3) is 4.91.